The zero-order chi connectivity index (χ0) is 15.9. The standard InChI is InChI=1S/C14H11Cl2N3O2S/c1-22-14-18-12-11(13(21)19-14)7(5-10(20)17-12)6-2-3-8(15)9(16)4-6/h2-4,7H,5H2,1H3,(H2,17,18,19,20,21). The first kappa shape index (κ1) is 15.4. The fourth-order valence-corrected chi connectivity index (χ4v) is 3.15. The minimum Gasteiger partial charge on any atom is -0.310 e. The number of fused-ring (bicyclic) bond motifs is 1. The van der Waals surface area contributed by atoms with Crippen molar-refractivity contribution in [2.24, 2.45) is 0 Å². The van der Waals surface area contributed by atoms with Crippen molar-refractivity contribution < 1.29 is 4.79 Å². The number of anilines is 1. The number of amides is 1. The van der Waals surface area contributed by atoms with Crippen LogP contribution in [0.5, 0.6) is 0 Å². The van der Waals surface area contributed by atoms with Gasteiger partial charge in [-0.2, -0.15) is 0 Å². The smallest absolute Gasteiger partial charge is 0.257 e. The van der Waals surface area contributed by atoms with Crippen molar-refractivity contribution in [2.45, 2.75) is 17.5 Å². The van der Waals surface area contributed by atoms with Crippen molar-refractivity contribution in [3.8, 4) is 0 Å². The number of aromatic amines is 1. The topological polar surface area (TPSA) is 74.8 Å². The Morgan fingerprint density at radius 2 is 2.05 bits per heavy atom. The lowest BCUT2D eigenvalue weighted by Crippen LogP contribution is -2.31. The Hall–Kier alpha value is -1.50. The van der Waals surface area contributed by atoms with Crippen molar-refractivity contribution in [1.29, 1.82) is 0 Å². The molecule has 0 aliphatic carbocycles. The van der Waals surface area contributed by atoms with E-state index in [0.29, 0.717) is 26.6 Å². The number of H-pyrrole nitrogens is 1. The summed E-state index contributed by atoms with van der Waals surface area (Å²) in [6, 6.07) is 5.10. The number of carbonyl (C=O) groups excluding carboxylic acids is 1. The molecule has 0 saturated heterocycles. The van der Waals surface area contributed by atoms with Gasteiger partial charge in [-0.05, 0) is 24.0 Å². The molecule has 1 aliphatic rings. The maximum absolute atomic E-state index is 12.4. The van der Waals surface area contributed by atoms with E-state index in [1.807, 2.05) is 0 Å². The van der Waals surface area contributed by atoms with Gasteiger partial charge in [0.2, 0.25) is 5.91 Å². The van der Waals surface area contributed by atoms with Gasteiger partial charge in [0.05, 0.1) is 15.6 Å². The Balaban J connectivity index is 2.17. The van der Waals surface area contributed by atoms with Crippen LogP contribution in [0.2, 0.25) is 10.0 Å². The highest BCUT2D eigenvalue weighted by Crippen LogP contribution is 2.36. The van der Waals surface area contributed by atoms with Crippen LogP contribution in [-0.2, 0) is 4.79 Å². The second-order valence-electron chi connectivity index (χ2n) is 4.82. The number of thioether (sulfide) groups is 1. The van der Waals surface area contributed by atoms with Gasteiger partial charge in [0.15, 0.2) is 5.16 Å². The normalized spacial score (nSPS) is 17.0. The molecule has 2 aromatic rings. The maximum Gasteiger partial charge on any atom is 0.257 e. The molecule has 1 atom stereocenters. The molecule has 0 fully saturated rings. The molecular weight excluding hydrogens is 345 g/mol. The van der Waals surface area contributed by atoms with Crippen LogP contribution in [0.1, 0.15) is 23.5 Å². The number of nitrogens with zero attached hydrogens (tertiary/aromatic N) is 1. The van der Waals surface area contributed by atoms with Gasteiger partial charge in [-0.3, -0.25) is 9.59 Å². The van der Waals surface area contributed by atoms with Gasteiger partial charge >= 0.3 is 0 Å². The molecule has 0 radical (unpaired) electrons. The summed E-state index contributed by atoms with van der Waals surface area (Å²) in [5.41, 5.74) is 0.941. The lowest BCUT2D eigenvalue weighted by molar-refractivity contribution is -0.116. The predicted molar refractivity (Wildman–Crippen MR) is 88.2 cm³/mol. The van der Waals surface area contributed by atoms with Gasteiger partial charge in [0, 0.05) is 12.3 Å². The second kappa shape index (κ2) is 5.95. The zero-order valence-electron chi connectivity index (χ0n) is 11.4. The van der Waals surface area contributed by atoms with Crippen molar-refractivity contribution >= 4 is 46.7 Å². The van der Waals surface area contributed by atoms with Crippen LogP contribution in [0.15, 0.2) is 28.2 Å². The van der Waals surface area contributed by atoms with Crippen LogP contribution >= 0.6 is 35.0 Å². The molecule has 0 saturated carbocycles. The molecule has 1 aromatic heterocycles. The van der Waals surface area contributed by atoms with Gasteiger partial charge in [0.25, 0.3) is 5.56 Å². The molecule has 0 bridgehead atoms. The Labute approximate surface area is 140 Å². The Morgan fingerprint density at radius 3 is 2.73 bits per heavy atom. The highest BCUT2D eigenvalue weighted by Gasteiger charge is 2.31. The lowest BCUT2D eigenvalue weighted by atomic mass is 9.87. The van der Waals surface area contributed by atoms with Gasteiger partial charge in [-0.15, -0.1) is 0 Å². The quantitative estimate of drug-likeness (QED) is 0.640. The van der Waals surface area contributed by atoms with Gasteiger partial charge in [0.1, 0.15) is 5.82 Å². The average molecular weight is 356 g/mol. The molecule has 2 heterocycles. The molecule has 8 heteroatoms. The third-order valence-electron chi connectivity index (χ3n) is 3.47. The van der Waals surface area contributed by atoms with E-state index in [-0.39, 0.29) is 17.9 Å². The fraction of sp³-hybridized carbons (Fsp3) is 0.214. The third kappa shape index (κ3) is 2.74. The van der Waals surface area contributed by atoms with E-state index in [9.17, 15) is 9.59 Å². The number of rotatable bonds is 2. The van der Waals surface area contributed by atoms with Crippen LogP contribution in [0.3, 0.4) is 0 Å². The predicted octanol–water partition coefficient (Wildman–Crippen LogP) is 3.27. The first-order chi connectivity index (χ1) is 10.5. The largest absolute Gasteiger partial charge is 0.310 e. The van der Waals surface area contributed by atoms with Gasteiger partial charge in [-0.25, -0.2) is 4.98 Å². The van der Waals surface area contributed by atoms with Crippen molar-refractivity contribution in [1.82, 2.24) is 9.97 Å². The summed E-state index contributed by atoms with van der Waals surface area (Å²) in [4.78, 5) is 31.3. The van der Waals surface area contributed by atoms with Crippen molar-refractivity contribution in [3.05, 3.63) is 49.7 Å². The highest BCUT2D eigenvalue weighted by atomic mass is 35.5. The molecule has 1 aliphatic heterocycles. The summed E-state index contributed by atoms with van der Waals surface area (Å²) in [6.07, 6.45) is 1.96. The molecule has 3 rings (SSSR count). The highest BCUT2D eigenvalue weighted by molar-refractivity contribution is 7.98. The maximum atomic E-state index is 12.4. The van der Waals surface area contributed by atoms with E-state index in [2.05, 4.69) is 15.3 Å². The van der Waals surface area contributed by atoms with Crippen LogP contribution < -0.4 is 10.9 Å². The number of halogens is 2. The number of benzene rings is 1. The molecule has 114 valence electrons. The van der Waals surface area contributed by atoms with E-state index in [4.69, 9.17) is 23.2 Å². The summed E-state index contributed by atoms with van der Waals surface area (Å²) in [5, 5.41) is 3.93. The summed E-state index contributed by atoms with van der Waals surface area (Å²) < 4.78 is 0. The molecule has 1 amide bonds. The molecule has 22 heavy (non-hydrogen) atoms. The monoisotopic (exact) mass is 355 g/mol. The Kier molecular flexibility index (Phi) is 4.16. The summed E-state index contributed by atoms with van der Waals surface area (Å²) in [5.74, 6) is -0.278. The van der Waals surface area contributed by atoms with Crippen molar-refractivity contribution in [2.75, 3.05) is 11.6 Å². The minimum atomic E-state index is -0.398. The van der Waals surface area contributed by atoms with Crippen LogP contribution in [0.25, 0.3) is 0 Å². The third-order valence-corrected chi connectivity index (χ3v) is 4.79. The Morgan fingerprint density at radius 1 is 1.27 bits per heavy atom. The van der Waals surface area contributed by atoms with E-state index in [1.165, 1.54) is 11.8 Å². The van der Waals surface area contributed by atoms with Crippen LogP contribution in [-0.4, -0.2) is 22.1 Å². The van der Waals surface area contributed by atoms with Gasteiger partial charge < -0.3 is 10.3 Å². The van der Waals surface area contributed by atoms with E-state index in [0.717, 1.165) is 5.56 Å². The van der Waals surface area contributed by atoms with E-state index >= 15 is 0 Å². The number of nitrogens with one attached hydrogen (secondary N) is 2. The van der Waals surface area contributed by atoms with Crippen LogP contribution in [0.4, 0.5) is 5.82 Å². The molecule has 2 N–H and O–H groups in total. The summed E-state index contributed by atoms with van der Waals surface area (Å²) in [6.45, 7) is 0. The number of hydrogen-bond donors (Lipinski definition) is 2. The van der Waals surface area contributed by atoms with Crippen LogP contribution in [0, 0.1) is 0 Å². The minimum absolute atomic E-state index is 0.161. The number of hydrogen-bond acceptors (Lipinski definition) is 4. The van der Waals surface area contributed by atoms with Crippen molar-refractivity contribution in [3.63, 3.8) is 0 Å². The Bertz CT molecular complexity index is 822. The van der Waals surface area contributed by atoms with E-state index < -0.39 is 5.92 Å². The first-order valence-corrected chi connectivity index (χ1v) is 8.40. The van der Waals surface area contributed by atoms with Gasteiger partial charge in [-0.1, -0.05) is 41.0 Å². The second-order valence-corrected chi connectivity index (χ2v) is 6.43. The molecule has 1 unspecified atom stereocenters. The summed E-state index contributed by atoms with van der Waals surface area (Å²) >= 11 is 13.3. The van der Waals surface area contributed by atoms with E-state index in [1.54, 1.807) is 24.5 Å². The SMILES string of the molecule is CSc1nc2c(c(=O)[nH]1)C(c1ccc(Cl)c(Cl)c1)CC(=O)N2. The lowest BCUT2D eigenvalue weighted by Gasteiger charge is -2.24. The average Bonchev–Trinajstić information content (AvgIpc) is 2.48. The zero-order valence-corrected chi connectivity index (χ0v) is 13.8. The molecular formula is C14H11Cl2N3O2S. The summed E-state index contributed by atoms with van der Waals surface area (Å²) in [7, 11) is 0. The molecule has 5 nitrogen and oxygen atoms in total. The number of carbonyl (C=O) groups is 1. The first-order valence-electron chi connectivity index (χ1n) is 6.42. The molecule has 1 aromatic carbocycles. The number of aromatic nitrogens is 2. The molecule has 0 spiro atoms. The fourth-order valence-electron chi connectivity index (χ4n) is 2.46.